The molecule has 6 atom stereocenters. The minimum absolute atomic E-state index is 0.00156. The molecule has 4 aromatic carbocycles. The van der Waals surface area contributed by atoms with Crippen molar-refractivity contribution in [2.45, 2.75) is 42.8 Å². The number of non-ortho nitro benzene ring substituents is 2. The van der Waals surface area contributed by atoms with Gasteiger partial charge in [0.15, 0.2) is 0 Å². The van der Waals surface area contributed by atoms with Gasteiger partial charge in [0.2, 0.25) is 5.91 Å². The molecule has 2 fully saturated rings. The normalized spacial score (nSPS) is 29.1. The Morgan fingerprint density at radius 2 is 1.35 bits per heavy atom. The van der Waals surface area contributed by atoms with E-state index < -0.39 is 20.8 Å². The van der Waals surface area contributed by atoms with Gasteiger partial charge in [0.1, 0.15) is 5.54 Å². The van der Waals surface area contributed by atoms with Crippen molar-refractivity contribution in [1.82, 2.24) is 10.7 Å². The SMILES string of the molecule is O=C1Nc2ccccc2[C@]12N[C@@H](c1ccccc1)[C@@H](c1ccc([N+](=O)[O-])cc1)[C@@]21CCCC2C1=NNC2c1ccc([N+](=O)[O-])cc1. The van der Waals surface area contributed by atoms with Gasteiger partial charge in [0.05, 0.1) is 27.0 Å². The number of hydrogen-bond donors (Lipinski definition) is 3. The van der Waals surface area contributed by atoms with Crippen LogP contribution in [0.3, 0.4) is 0 Å². The fraction of sp³-hybridized carbons (Fsp3) is 0.257. The molecule has 4 aliphatic rings. The smallest absolute Gasteiger partial charge is 0.269 e. The van der Waals surface area contributed by atoms with Crippen molar-refractivity contribution < 1.29 is 14.6 Å². The molecule has 3 aliphatic heterocycles. The monoisotopic (exact) mass is 614 g/mol. The number of nitro benzene ring substituents is 2. The molecule has 8 rings (SSSR count). The molecule has 11 nitrogen and oxygen atoms in total. The summed E-state index contributed by atoms with van der Waals surface area (Å²) in [6, 6.07) is 30.5. The molecule has 1 saturated carbocycles. The van der Waals surface area contributed by atoms with Crippen LogP contribution in [-0.4, -0.2) is 21.5 Å². The van der Waals surface area contributed by atoms with E-state index in [4.69, 9.17) is 5.10 Å². The summed E-state index contributed by atoms with van der Waals surface area (Å²) in [4.78, 5) is 36.9. The maximum absolute atomic E-state index is 14.7. The molecule has 1 saturated heterocycles. The Kier molecular flexibility index (Phi) is 6.30. The van der Waals surface area contributed by atoms with Crippen LogP contribution in [0.25, 0.3) is 0 Å². The molecule has 2 spiro atoms. The van der Waals surface area contributed by atoms with Crippen molar-refractivity contribution in [2.24, 2.45) is 16.4 Å². The quantitative estimate of drug-likeness (QED) is 0.177. The van der Waals surface area contributed by atoms with Gasteiger partial charge >= 0.3 is 0 Å². The first-order valence-electron chi connectivity index (χ1n) is 15.4. The highest BCUT2D eigenvalue weighted by atomic mass is 16.6. The van der Waals surface area contributed by atoms with Crippen LogP contribution >= 0.6 is 0 Å². The van der Waals surface area contributed by atoms with E-state index in [9.17, 15) is 25.0 Å². The molecule has 2 unspecified atom stereocenters. The van der Waals surface area contributed by atoms with Crippen LogP contribution in [0.15, 0.2) is 108 Å². The van der Waals surface area contributed by atoms with Gasteiger partial charge in [-0.3, -0.25) is 30.3 Å². The summed E-state index contributed by atoms with van der Waals surface area (Å²) >= 11 is 0. The van der Waals surface area contributed by atoms with Crippen molar-refractivity contribution in [3.8, 4) is 0 Å². The summed E-state index contributed by atoms with van der Waals surface area (Å²) in [5.41, 5.74) is 6.57. The Bertz CT molecular complexity index is 1910. The molecule has 0 aromatic heterocycles. The van der Waals surface area contributed by atoms with Crippen LogP contribution in [0.5, 0.6) is 0 Å². The molecule has 4 aromatic rings. The van der Waals surface area contributed by atoms with Crippen molar-refractivity contribution in [3.05, 3.63) is 146 Å². The van der Waals surface area contributed by atoms with Crippen LogP contribution in [0.4, 0.5) is 17.1 Å². The minimum atomic E-state index is -1.19. The number of anilines is 1. The molecule has 11 heteroatoms. The highest BCUT2D eigenvalue weighted by Gasteiger charge is 2.74. The Labute approximate surface area is 264 Å². The number of nitrogens with zero attached hydrogens (tertiary/aromatic N) is 3. The third kappa shape index (κ3) is 3.81. The molecular weight excluding hydrogens is 584 g/mol. The van der Waals surface area contributed by atoms with Gasteiger partial charge in [-0.2, -0.15) is 5.10 Å². The third-order valence-electron chi connectivity index (χ3n) is 10.5. The molecule has 46 heavy (non-hydrogen) atoms. The topological polar surface area (TPSA) is 152 Å². The standard InChI is InChI=1S/C35H30N6O5/c42-33-35(27-10-4-5-11-28(27)36-33)34(20-6-9-26-30(38-39-32(26)34)23-14-18-25(19-15-23)41(45)46)29(21-12-16-24(17-13-21)40(43)44)31(37-35)22-7-2-1-3-8-22/h1-5,7-8,10-19,26,29-31,37-38H,6,9,20H2,(H,36,42)/t26?,29-,30?,31+,34-,35+/m1/s1. The first kappa shape index (κ1) is 28.1. The predicted molar refractivity (Wildman–Crippen MR) is 171 cm³/mol. The number of carbonyl (C=O) groups excluding carboxylic acids is 1. The number of hydrogen-bond acceptors (Lipinski definition) is 8. The second kappa shape index (κ2) is 10.3. The number of para-hydroxylation sites is 1. The first-order valence-corrected chi connectivity index (χ1v) is 15.4. The van der Waals surface area contributed by atoms with Gasteiger partial charge in [0, 0.05) is 53.4 Å². The lowest BCUT2D eigenvalue weighted by Gasteiger charge is -2.49. The molecular formula is C35H30N6O5. The van der Waals surface area contributed by atoms with Gasteiger partial charge in [-0.1, -0.05) is 79.2 Å². The highest BCUT2D eigenvalue weighted by molar-refractivity contribution is 6.13. The number of benzene rings is 4. The average molecular weight is 615 g/mol. The summed E-state index contributed by atoms with van der Waals surface area (Å²) in [5, 5.41) is 35.2. The lowest BCUT2D eigenvalue weighted by atomic mass is 9.51. The maximum atomic E-state index is 14.7. The zero-order chi connectivity index (χ0) is 31.6. The second-order valence-electron chi connectivity index (χ2n) is 12.5. The van der Waals surface area contributed by atoms with Crippen molar-refractivity contribution in [3.63, 3.8) is 0 Å². The molecule has 1 aliphatic carbocycles. The molecule has 1 amide bonds. The van der Waals surface area contributed by atoms with Crippen molar-refractivity contribution in [1.29, 1.82) is 0 Å². The van der Waals surface area contributed by atoms with Gasteiger partial charge in [0.25, 0.3) is 11.4 Å². The Hall–Kier alpha value is -5.42. The van der Waals surface area contributed by atoms with E-state index in [2.05, 4.69) is 28.2 Å². The van der Waals surface area contributed by atoms with E-state index in [1.54, 1.807) is 12.1 Å². The van der Waals surface area contributed by atoms with Crippen LogP contribution < -0.4 is 16.1 Å². The fourth-order valence-corrected chi connectivity index (χ4v) is 8.76. The third-order valence-corrected chi connectivity index (χ3v) is 10.5. The summed E-state index contributed by atoms with van der Waals surface area (Å²) < 4.78 is 0. The zero-order valence-corrected chi connectivity index (χ0v) is 24.6. The Balaban J connectivity index is 1.36. The van der Waals surface area contributed by atoms with Gasteiger partial charge in [-0.05, 0) is 35.6 Å². The number of hydrazone groups is 1. The van der Waals surface area contributed by atoms with Gasteiger partial charge in [-0.25, -0.2) is 0 Å². The molecule has 0 bridgehead atoms. The average Bonchev–Trinajstić information content (AvgIpc) is 3.74. The van der Waals surface area contributed by atoms with Crippen molar-refractivity contribution >= 4 is 28.7 Å². The summed E-state index contributed by atoms with van der Waals surface area (Å²) in [7, 11) is 0. The van der Waals surface area contributed by atoms with E-state index in [0.717, 1.165) is 46.5 Å². The fourth-order valence-electron chi connectivity index (χ4n) is 8.76. The number of amides is 1. The van der Waals surface area contributed by atoms with E-state index >= 15 is 0 Å². The zero-order valence-electron chi connectivity index (χ0n) is 24.6. The predicted octanol–water partition coefficient (Wildman–Crippen LogP) is 6.27. The number of carbonyl (C=O) groups is 1. The largest absolute Gasteiger partial charge is 0.324 e. The lowest BCUT2D eigenvalue weighted by Crippen LogP contribution is -2.60. The number of rotatable bonds is 5. The number of nitro groups is 2. The van der Waals surface area contributed by atoms with Crippen LogP contribution in [0.2, 0.25) is 0 Å². The summed E-state index contributed by atoms with van der Waals surface area (Å²) in [5.74, 6) is -0.572. The van der Waals surface area contributed by atoms with Crippen molar-refractivity contribution in [2.75, 3.05) is 5.32 Å². The Morgan fingerprint density at radius 1 is 0.739 bits per heavy atom. The second-order valence-corrected chi connectivity index (χ2v) is 12.5. The molecule has 3 heterocycles. The molecule has 0 radical (unpaired) electrons. The van der Waals surface area contributed by atoms with E-state index in [1.165, 1.54) is 24.3 Å². The van der Waals surface area contributed by atoms with E-state index in [-0.39, 0.29) is 41.2 Å². The molecule has 3 N–H and O–H groups in total. The Morgan fingerprint density at radius 3 is 2.02 bits per heavy atom. The first-order chi connectivity index (χ1) is 22.3. The highest BCUT2D eigenvalue weighted by Crippen LogP contribution is 2.69. The number of fused-ring (bicyclic) bond motifs is 5. The van der Waals surface area contributed by atoms with Gasteiger partial charge < -0.3 is 10.7 Å². The van der Waals surface area contributed by atoms with Gasteiger partial charge in [-0.15, -0.1) is 0 Å². The minimum Gasteiger partial charge on any atom is -0.324 e. The lowest BCUT2D eigenvalue weighted by molar-refractivity contribution is -0.385. The van der Waals surface area contributed by atoms with Crippen LogP contribution in [-0.2, 0) is 10.3 Å². The molecule has 230 valence electrons. The summed E-state index contributed by atoms with van der Waals surface area (Å²) in [6.07, 6.45) is 2.27. The number of nitrogens with one attached hydrogen (secondary N) is 3. The van der Waals surface area contributed by atoms with E-state index in [0.29, 0.717) is 6.42 Å². The van der Waals surface area contributed by atoms with Crippen LogP contribution in [0, 0.1) is 31.6 Å². The van der Waals surface area contributed by atoms with Crippen LogP contribution in [0.1, 0.15) is 59.5 Å². The maximum Gasteiger partial charge on any atom is 0.269 e. The summed E-state index contributed by atoms with van der Waals surface area (Å²) in [6.45, 7) is 0. The van der Waals surface area contributed by atoms with E-state index in [1.807, 2.05) is 54.6 Å².